The summed E-state index contributed by atoms with van der Waals surface area (Å²) in [4.78, 5) is 14.6. The molecule has 2 atom stereocenters. The Morgan fingerprint density at radius 3 is 2.57 bits per heavy atom. The summed E-state index contributed by atoms with van der Waals surface area (Å²) >= 11 is 0. The van der Waals surface area contributed by atoms with Crippen molar-refractivity contribution in [1.29, 1.82) is 0 Å². The number of amides is 1. The number of carbonyl (C=O) groups is 1. The number of methoxy groups -OCH3 is 1. The number of nitrogens with zero attached hydrogens (tertiary/aromatic N) is 1. The largest absolute Gasteiger partial charge is 0.495 e. The zero-order chi connectivity index (χ0) is 19.5. The summed E-state index contributed by atoms with van der Waals surface area (Å²) < 4.78 is 11.4. The first kappa shape index (κ1) is 18.1. The lowest BCUT2D eigenvalue weighted by atomic mass is 10.00. The summed E-state index contributed by atoms with van der Waals surface area (Å²) in [7, 11) is 1.62. The van der Waals surface area contributed by atoms with E-state index in [1.54, 1.807) is 18.1 Å². The van der Waals surface area contributed by atoms with Crippen molar-refractivity contribution < 1.29 is 14.3 Å². The second-order valence-electron chi connectivity index (χ2n) is 6.88. The summed E-state index contributed by atoms with van der Waals surface area (Å²) in [5.41, 5.74) is 1.96. The predicted octanol–water partition coefficient (Wildman–Crippen LogP) is 5.36. The third-order valence-electron chi connectivity index (χ3n) is 5.25. The van der Waals surface area contributed by atoms with Gasteiger partial charge >= 0.3 is 6.09 Å². The second kappa shape index (κ2) is 7.77. The van der Waals surface area contributed by atoms with E-state index in [4.69, 9.17) is 9.47 Å². The van der Waals surface area contributed by atoms with Crippen LogP contribution in [0.4, 0.5) is 10.5 Å². The summed E-state index contributed by atoms with van der Waals surface area (Å²) in [6, 6.07) is 21.8. The van der Waals surface area contributed by atoms with Crippen molar-refractivity contribution in [2.75, 3.05) is 12.0 Å². The molecule has 1 aliphatic heterocycles. The van der Waals surface area contributed by atoms with Gasteiger partial charge in [0, 0.05) is 5.39 Å². The molecule has 0 N–H and O–H groups in total. The van der Waals surface area contributed by atoms with Crippen molar-refractivity contribution in [1.82, 2.24) is 0 Å². The maximum absolute atomic E-state index is 12.9. The Balaban J connectivity index is 1.69. The average molecular weight is 373 g/mol. The lowest BCUT2D eigenvalue weighted by molar-refractivity contribution is 0.131. The van der Waals surface area contributed by atoms with Crippen molar-refractivity contribution in [3.8, 4) is 5.75 Å². The first-order chi connectivity index (χ1) is 13.7. The predicted molar refractivity (Wildman–Crippen MR) is 112 cm³/mol. The first-order valence-corrected chi connectivity index (χ1v) is 9.45. The number of ether oxygens (including phenoxy) is 2. The molecule has 3 aromatic carbocycles. The molecule has 4 rings (SSSR count). The van der Waals surface area contributed by atoms with Crippen molar-refractivity contribution in [3.05, 3.63) is 84.9 Å². The van der Waals surface area contributed by atoms with Crippen LogP contribution < -0.4 is 9.64 Å². The van der Waals surface area contributed by atoms with Crippen LogP contribution in [-0.2, 0) is 11.2 Å². The molecule has 4 nitrogen and oxygen atoms in total. The van der Waals surface area contributed by atoms with Gasteiger partial charge in [0.1, 0.15) is 11.9 Å². The normalized spacial score (nSPS) is 18.9. The molecule has 0 bridgehead atoms. The number of aryl methyl sites for hydroxylation is 1. The molecule has 0 unspecified atom stereocenters. The molecule has 1 saturated heterocycles. The van der Waals surface area contributed by atoms with Gasteiger partial charge in [-0.15, -0.1) is 6.58 Å². The van der Waals surface area contributed by atoms with Crippen LogP contribution in [-0.4, -0.2) is 25.3 Å². The zero-order valence-corrected chi connectivity index (χ0v) is 15.9. The summed E-state index contributed by atoms with van der Waals surface area (Å²) in [6.07, 6.45) is 2.74. The highest BCUT2D eigenvalue weighted by Gasteiger charge is 2.42. The topological polar surface area (TPSA) is 38.8 Å². The SMILES string of the molecule is C=C[C@@H]1[C@@H](CCc2ccccc2)OC(=O)N1c1c(OC)ccc2ccccc12. The van der Waals surface area contributed by atoms with E-state index in [0.29, 0.717) is 5.75 Å². The van der Waals surface area contributed by atoms with E-state index in [9.17, 15) is 4.79 Å². The molecule has 0 aromatic heterocycles. The van der Waals surface area contributed by atoms with Crippen LogP contribution in [0.2, 0.25) is 0 Å². The van der Waals surface area contributed by atoms with Crippen LogP contribution in [0.5, 0.6) is 5.75 Å². The zero-order valence-electron chi connectivity index (χ0n) is 15.9. The lowest BCUT2D eigenvalue weighted by Crippen LogP contribution is -2.35. The highest BCUT2D eigenvalue weighted by atomic mass is 16.6. The van der Waals surface area contributed by atoms with E-state index in [-0.39, 0.29) is 18.2 Å². The summed E-state index contributed by atoms with van der Waals surface area (Å²) in [5, 5.41) is 2.00. The van der Waals surface area contributed by atoms with Crippen LogP contribution in [0.25, 0.3) is 10.8 Å². The molecule has 0 radical (unpaired) electrons. The van der Waals surface area contributed by atoms with Gasteiger partial charge in [0.15, 0.2) is 0 Å². The Bertz CT molecular complexity index is 999. The molecular weight excluding hydrogens is 350 g/mol. The van der Waals surface area contributed by atoms with Crippen molar-refractivity contribution in [3.63, 3.8) is 0 Å². The molecule has 142 valence electrons. The molecule has 4 heteroatoms. The monoisotopic (exact) mass is 373 g/mol. The molecule has 0 spiro atoms. The van der Waals surface area contributed by atoms with Gasteiger partial charge < -0.3 is 9.47 Å². The standard InChI is InChI=1S/C24H23NO3/c1-3-20-21(15-13-17-9-5-4-6-10-17)28-24(26)25(20)23-19-12-8-7-11-18(19)14-16-22(23)27-2/h3-12,14,16,20-21H,1,13,15H2,2H3/t20-,21-/m1/s1. The third kappa shape index (κ3) is 3.22. The van der Waals surface area contributed by atoms with E-state index >= 15 is 0 Å². The fraction of sp³-hybridized carbons (Fsp3) is 0.208. The second-order valence-corrected chi connectivity index (χ2v) is 6.88. The van der Waals surface area contributed by atoms with Crippen LogP contribution >= 0.6 is 0 Å². The Morgan fingerprint density at radius 2 is 1.82 bits per heavy atom. The van der Waals surface area contributed by atoms with Gasteiger partial charge in [-0.3, -0.25) is 4.90 Å². The maximum Gasteiger partial charge on any atom is 0.415 e. The molecule has 1 fully saturated rings. The van der Waals surface area contributed by atoms with Crippen LogP contribution in [0, 0.1) is 0 Å². The van der Waals surface area contributed by atoms with E-state index < -0.39 is 0 Å². The highest BCUT2D eigenvalue weighted by molar-refractivity contribution is 6.05. The van der Waals surface area contributed by atoms with Crippen molar-refractivity contribution in [2.45, 2.75) is 25.0 Å². The third-order valence-corrected chi connectivity index (χ3v) is 5.25. The van der Waals surface area contributed by atoms with Gasteiger partial charge in [-0.25, -0.2) is 4.79 Å². The van der Waals surface area contributed by atoms with Crippen molar-refractivity contribution in [2.24, 2.45) is 0 Å². The Morgan fingerprint density at radius 1 is 1.07 bits per heavy atom. The molecular formula is C24H23NO3. The highest BCUT2D eigenvalue weighted by Crippen LogP contribution is 2.41. The number of rotatable bonds is 6. The van der Waals surface area contributed by atoms with Crippen molar-refractivity contribution >= 4 is 22.6 Å². The molecule has 1 amide bonds. The van der Waals surface area contributed by atoms with Gasteiger partial charge in [0.05, 0.1) is 18.8 Å². The minimum Gasteiger partial charge on any atom is -0.495 e. The number of anilines is 1. The average Bonchev–Trinajstić information content (AvgIpc) is 3.06. The number of hydrogen-bond acceptors (Lipinski definition) is 3. The Labute approximate surface area is 165 Å². The minimum absolute atomic E-state index is 0.254. The molecule has 0 aliphatic carbocycles. The van der Waals surface area contributed by atoms with Gasteiger partial charge in [0.2, 0.25) is 0 Å². The number of fused-ring (bicyclic) bond motifs is 1. The molecule has 1 heterocycles. The lowest BCUT2D eigenvalue weighted by Gasteiger charge is -2.25. The van der Waals surface area contributed by atoms with Gasteiger partial charge in [-0.1, -0.05) is 66.7 Å². The Hall–Kier alpha value is -3.27. The first-order valence-electron chi connectivity index (χ1n) is 9.45. The van der Waals surface area contributed by atoms with E-state index in [1.807, 2.05) is 54.6 Å². The van der Waals surface area contributed by atoms with E-state index in [0.717, 1.165) is 29.3 Å². The van der Waals surface area contributed by atoms with Gasteiger partial charge in [0.25, 0.3) is 0 Å². The molecule has 28 heavy (non-hydrogen) atoms. The maximum atomic E-state index is 12.9. The van der Waals surface area contributed by atoms with Gasteiger partial charge in [-0.05, 0) is 29.9 Å². The van der Waals surface area contributed by atoms with Gasteiger partial charge in [-0.2, -0.15) is 0 Å². The molecule has 3 aromatic rings. The van der Waals surface area contributed by atoms with Crippen LogP contribution in [0.3, 0.4) is 0 Å². The molecule has 1 aliphatic rings. The summed E-state index contributed by atoms with van der Waals surface area (Å²) in [6.45, 7) is 3.98. The molecule has 0 saturated carbocycles. The minimum atomic E-state index is -0.363. The summed E-state index contributed by atoms with van der Waals surface area (Å²) in [5.74, 6) is 0.645. The quantitative estimate of drug-likeness (QED) is 0.546. The number of benzene rings is 3. The van der Waals surface area contributed by atoms with Crippen LogP contribution in [0.15, 0.2) is 79.4 Å². The Kier molecular flexibility index (Phi) is 5.02. The van der Waals surface area contributed by atoms with E-state index in [2.05, 4.69) is 18.7 Å². The van der Waals surface area contributed by atoms with E-state index in [1.165, 1.54) is 5.56 Å². The fourth-order valence-corrected chi connectivity index (χ4v) is 3.87. The fourth-order valence-electron chi connectivity index (χ4n) is 3.87. The number of hydrogen-bond donors (Lipinski definition) is 0. The smallest absolute Gasteiger partial charge is 0.415 e. The van der Waals surface area contributed by atoms with Crippen LogP contribution in [0.1, 0.15) is 12.0 Å². The number of cyclic esters (lactones) is 1. The number of carbonyl (C=O) groups excluding carboxylic acids is 1.